The number of rotatable bonds is 12. The van der Waals surface area contributed by atoms with Crippen LogP contribution in [0.4, 0.5) is 18.9 Å². The Morgan fingerprint density at radius 1 is 1.03 bits per heavy atom. The number of anilines is 1. The highest BCUT2D eigenvalue weighted by molar-refractivity contribution is 7.54. The Morgan fingerprint density at radius 2 is 1.61 bits per heavy atom. The highest BCUT2D eigenvalue weighted by Gasteiger charge is 2.62. The Hall–Kier alpha value is -2.59. The summed E-state index contributed by atoms with van der Waals surface area (Å²) in [5.41, 5.74) is -3.53. The minimum Gasteiger partial charge on any atom is -0.497 e. The van der Waals surface area contributed by atoms with E-state index in [0.29, 0.717) is 11.3 Å². The average molecular weight is 533 g/mol. The number of esters is 1. The maximum absolute atomic E-state index is 13.8. The zero-order valence-corrected chi connectivity index (χ0v) is 21.6. The van der Waals surface area contributed by atoms with E-state index in [2.05, 4.69) is 10.1 Å². The van der Waals surface area contributed by atoms with Gasteiger partial charge in [-0.1, -0.05) is 24.3 Å². The largest absolute Gasteiger partial charge is 0.497 e. The fourth-order valence-corrected chi connectivity index (χ4v) is 5.44. The van der Waals surface area contributed by atoms with E-state index in [1.807, 2.05) is 0 Å². The lowest BCUT2D eigenvalue weighted by Crippen LogP contribution is -2.50. The molecule has 0 aliphatic rings. The number of hydrogen-bond donors (Lipinski definition) is 2. The van der Waals surface area contributed by atoms with Gasteiger partial charge in [-0.3, -0.25) is 4.57 Å². The second-order valence-corrected chi connectivity index (χ2v) is 9.77. The van der Waals surface area contributed by atoms with E-state index in [0.717, 1.165) is 12.1 Å². The summed E-state index contributed by atoms with van der Waals surface area (Å²) >= 11 is 0. The molecule has 2 rings (SSSR count). The Labute approximate surface area is 208 Å². The van der Waals surface area contributed by atoms with Crippen molar-refractivity contribution < 1.29 is 46.2 Å². The SMILES string of the molecule is CCOC(=O)C(O)(c1ccc(NC(c2ccc(OC)cc2)P(=O)(OCC)OCC)c(C)c1)C(F)(F)F. The predicted molar refractivity (Wildman–Crippen MR) is 128 cm³/mol. The molecule has 8 nitrogen and oxygen atoms in total. The molecule has 0 saturated heterocycles. The van der Waals surface area contributed by atoms with Gasteiger partial charge in [0.1, 0.15) is 5.75 Å². The van der Waals surface area contributed by atoms with Gasteiger partial charge in [0.15, 0.2) is 5.78 Å². The summed E-state index contributed by atoms with van der Waals surface area (Å²) in [6, 6.07) is 9.86. The summed E-state index contributed by atoms with van der Waals surface area (Å²) < 4.78 is 75.7. The topological polar surface area (TPSA) is 103 Å². The lowest BCUT2D eigenvalue weighted by Gasteiger charge is -2.30. The normalized spacial score (nSPS) is 14.6. The third kappa shape index (κ3) is 6.21. The standard InChI is InChI=1S/C24H31F3NO7P/c1-6-33-22(29)23(30,24(25,26)27)18-11-14-20(16(4)15-18)28-21(36(31,34-7-2)35-8-3)17-9-12-19(32-5)13-10-17/h9-15,21,28,30H,6-8H2,1-5H3. The van der Waals surface area contributed by atoms with Gasteiger partial charge in [0.2, 0.25) is 0 Å². The number of halogens is 3. The summed E-state index contributed by atoms with van der Waals surface area (Å²) in [7, 11) is -2.31. The molecule has 0 saturated carbocycles. The van der Waals surface area contributed by atoms with Crippen LogP contribution in [0.25, 0.3) is 0 Å². The minimum atomic E-state index is -5.33. The number of methoxy groups -OCH3 is 1. The Morgan fingerprint density at radius 3 is 2.06 bits per heavy atom. The number of alkyl halides is 3. The number of carbonyl (C=O) groups excluding carboxylic acids is 1. The molecule has 12 heteroatoms. The van der Waals surface area contributed by atoms with Crippen molar-refractivity contribution in [3.8, 4) is 5.75 Å². The van der Waals surface area contributed by atoms with Crippen molar-refractivity contribution in [2.24, 2.45) is 0 Å². The first-order valence-corrected chi connectivity index (χ1v) is 12.9. The van der Waals surface area contributed by atoms with Crippen LogP contribution in [0.1, 0.15) is 43.2 Å². The van der Waals surface area contributed by atoms with Gasteiger partial charge in [-0.2, -0.15) is 13.2 Å². The maximum atomic E-state index is 13.8. The van der Waals surface area contributed by atoms with Crippen LogP contribution in [0.5, 0.6) is 5.75 Å². The highest BCUT2D eigenvalue weighted by atomic mass is 31.2. The van der Waals surface area contributed by atoms with E-state index in [-0.39, 0.29) is 31.1 Å². The Kier molecular flexibility index (Phi) is 9.96. The van der Waals surface area contributed by atoms with Crippen molar-refractivity contribution in [3.05, 3.63) is 59.2 Å². The first-order valence-electron chi connectivity index (χ1n) is 11.2. The molecule has 0 amide bonds. The molecule has 0 bridgehead atoms. The second-order valence-electron chi connectivity index (χ2n) is 7.65. The van der Waals surface area contributed by atoms with Gasteiger partial charge in [-0.05, 0) is 57.0 Å². The molecule has 2 atom stereocenters. The molecule has 0 spiro atoms. The zero-order chi connectivity index (χ0) is 27.1. The van der Waals surface area contributed by atoms with Crippen LogP contribution in [0.2, 0.25) is 0 Å². The Balaban J connectivity index is 2.57. The van der Waals surface area contributed by atoms with Crippen molar-refractivity contribution in [2.75, 3.05) is 32.2 Å². The lowest BCUT2D eigenvalue weighted by molar-refractivity contribution is -0.267. The molecular weight excluding hydrogens is 502 g/mol. The summed E-state index contributed by atoms with van der Waals surface area (Å²) in [4.78, 5) is 12.1. The third-order valence-corrected chi connectivity index (χ3v) is 7.58. The van der Waals surface area contributed by atoms with Crippen molar-refractivity contribution in [1.29, 1.82) is 0 Å². The summed E-state index contributed by atoms with van der Waals surface area (Å²) in [5.74, 6) is -2.29. The number of hydrogen-bond acceptors (Lipinski definition) is 8. The third-order valence-electron chi connectivity index (χ3n) is 5.28. The molecule has 2 unspecified atom stereocenters. The quantitative estimate of drug-likeness (QED) is 0.265. The fraction of sp³-hybridized carbons (Fsp3) is 0.458. The van der Waals surface area contributed by atoms with Crippen LogP contribution in [-0.2, 0) is 28.7 Å². The number of aryl methyl sites for hydroxylation is 1. The van der Waals surface area contributed by atoms with Crippen LogP contribution >= 0.6 is 7.60 Å². The first-order chi connectivity index (χ1) is 16.9. The van der Waals surface area contributed by atoms with Crippen molar-refractivity contribution in [2.45, 2.75) is 45.3 Å². The van der Waals surface area contributed by atoms with E-state index in [4.69, 9.17) is 13.8 Å². The van der Waals surface area contributed by atoms with Crippen molar-refractivity contribution >= 4 is 19.3 Å². The summed E-state index contributed by atoms with van der Waals surface area (Å²) in [5, 5.41) is 13.4. The van der Waals surface area contributed by atoms with Gasteiger partial charge < -0.3 is 28.9 Å². The van der Waals surface area contributed by atoms with Crippen molar-refractivity contribution in [3.63, 3.8) is 0 Å². The van der Waals surface area contributed by atoms with Gasteiger partial charge in [0.25, 0.3) is 5.60 Å². The monoisotopic (exact) mass is 533 g/mol. The molecule has 200 valence electrons. The van der Waals surface area contributed by atoms with Crippen LogP contribution in [0, 0.1) is 6.92 Å². The minimum absolute atomic E-state index is 0.0850. The smallest absolute Gasteiger partial charge is 0.432 e. The summed E-state index contributed by atoms with van der Waals surface area (Å²) in [6.45, 7) is 5.95. The van der Waals surface area contributed by atoms with Crippen molar-refractivity contribution in [1.82, 2.24) is 0 Å². The molecule has 2 aromatic rings. The van der Waals surface area contributed by atoms with E-state index in [1.54, 1.807) is 38.1 Å². The van der Waals surface area contributed by atoms with Gasteiger partial charge in [-0.15, -0.1) is 0 Å². The molecule has 0 radical (unpaired) electrons. The zero-order valence-electron chi connectivity index (χ0n) is 20.7. The maximum Gasteiger partial charge on any atom is 0.432 e. The molecule has 36 heavy (non-hydrogen) atoms. The number of carbonyl (C=O) groups is 1. The molecule has 0 aliphatic carbocycles. The van der Waals surface area contributed by atoms with E-state index in [1.165, 1.54) is 27.0 Å². The number of ether oxygens (including phenoxy) is 2. The second kappa shape index (κ2) is 12.1. The van der Waals surface area contributed by atoms with E-state index >= 15 is 0 Å². The van der Waals surface area contributed by atoms with Gasteiger partial charge in [-0.25, -0.2) is 4.79 Å². The predicted octanol–water partition coefficient (Wildman–Crippen LogP) is 5.69. The molecule has 0 fully saturated rings. The Bertz CT molecular complexity index is 1070. The molecule has 0 heterocycles. The van der Waals surface area contributed by atoms with E-state index < -0.39 is 36.7 Å². The molecule has 2 aromatic carbocycles. The fourth-order valence-electron chi connectivity index (χ4n) is 3.51. The van der Waals surface area contributed by atoms with Gasteiger partial charge in [0, 0.05) is 11.3 Å². The molecule has 0 aromatic heterocycles. The molecular formula is C24H31F3NO7P. The highest BCUT2D eigenvalue weighted by Crippen LogP contribution is 2.61. The lowest BCUT2D eigenvalue weighted by atomic mass is 9.91. The van der Waals surface area contributed by atoms with Crippen LogP contribution in [-0.4, -0.2) is 44.2 Å². The van der Waals surface area contributed by atoms with Gasteiger partial charge >= 0.3 is 19.7 Å². The van der Waals surface area contributed by atoms with Gasteiger partial charge in [0.05, 0.1) is 26.9 Å². The molecule has 0 aliphatic heterocycles. The number of benzene rings is 2. The van der Waals surface area contributed by atoms with Crippen LogP contribution < -0.4 is 10.1 Å². The number of nitrogens with one attached hydrogen (secondary N) is 1. The van der Waals surface area contributed by atoms with Crippen LogP contribution in [0.3, 0.4) is 0 Å². The molecule has 2 N–H and O–H groups in total. The first kappa shape index (κ1) is 29.6. The average Bonchev–Trinajstić information content (AvgIpc) is 2.82. The number of aliphatic hydroxyl groups is 1. The van der Waals surface area contributed by atoms with Crippen LogP contribution in [0.15, 0.2) is 42.5 Å². The summed E-state index contributed by atoms with van der Waals surface area (Å²) in [6.07, 6.45) is -5.33. The van der Waals surface area contributed by atoms with E-state index in [9.17, 15) is 27.6 Å².